The van der Waals surface area contributed by atoms with Crippen molar-refractivity contribution in [2.75, 3.05) is 26.3 Å². The second-order valence-electron chi connectivity index (χ2n) is 8.21. The number of fused-ring (bicyclic) bond motifs is 1. The van der Waals surface area contributed by atoms with Crippen LogP contribution in [0.1, 0.15) is 63.5 Å². The molecule has 1 atom stereocenters. The largest absolute Gasteiger partial charge is 0.487 e. The lowest BCUT2D eigenvalue weighted by molar-refractivity contribution is 0.0395. The van der Waals surface area contributed by atoms with Gasteiger partial charge in [-0.15, -0.1) is 0 Å². The molecule has 1 saturated carbocycles. The molecule has 5 nitrogen and oxygen atoms in total. The number of guanidine groups is 1. The van der Waals surface area contributed by atoms with Crippen molar-refractivity contribution in [3.05, 3.63) is 29.8 Å². The van der Waals surface area contributed by atoms with E-state index in [4.69, 9.17) is 14.5 Å². The van der Waals surface area contributed by atoms with Crippen molar-refractivity contribution >= 4 is 5.96 Å². The SMILES string of the molecule is CCNC(=NCC1CCOCC1)NC1CC2(CCCC2)Oc2ccccc21. The molecule has 2 N–H and O–H groups in total. The topological polar surface area (TPSA) is 54.9 Å². The Morgan fingerprint density at radius 3 is 2.74 bits per heavy atom. The fourth-order valence-corrected chi connectivity index (χ4v) is 4.71. The Morgan fingerprint density at radius 2 is 1.96 bits per heavy atom. The van der Waals surface area contributed by atoms with E-state index < -0.39 is 0 Å². The third kappa shape index (κ3) is 4.40. The quantitative estimate of drug-likeness (QED) is 0.624. The fourth-order valence-electron chi connectivity index (χ4n) is 4.71. The van der Waals surface area contributed by atoms with E-state index in [0.29, 0.717) is 5.92 Å². The minimum Gasteiger partial charge on any atom is -0.487 e. The minimum atomic E-state index is 0.00402. The molecule has 148 valence electrons. The Balaban J connectivity index is 1.50. The van der Waals surface area contributed by atoms with Gasteiger partial charge in [-0.05, 0) is 57.4 Å². The number of nitrogens with zero attached hydrogens (tertiary/aromatic N) is 1. The van der Waals surface area contributed by atoms with E-state index in [1.165, 1.54) is 18.4 Å². The first-order valence-corrected chi connectivity index (χ1v) is 10.7. The van der Waals surface area contributed by atoms with Crippen molar-refractivity contribution in [3.63, 3.8) is 0 Å². The summed E-state index contributed by atoms with van der Waals surface area (Å²) < 4.78 is 12.0. The van der Waals surface area contributed by atoms with Gasteiger partial charge in [-0.3, -0.25) is 4.99 Å². The van der Waals surface area contributed by atoms with E-state index in [2.05, 4.69) is 41.8 Å². The monoisotopic (exact) mass is 371 g/mol. The number of hydrogen-bond acceptors (Lipinski definition) is 3. The Kier molecular flexibility index (Phi) is 5.86. The maximum absolute atomic E-state index is 6.49. The normalized spacial score (nSPS) is 25.1. The lowest BCUT2D eigenvalue weighted by Gasteiger charge is -2.40. The van der Waals surface area contributed by atoms with Crippen LogP contribution in [-0.4, -0.2) is 37.9 Å². The number of aliphatic imine (C=N–C) groups is 1. The van der Waals surface area contributed by atoms with Gasteiger partial charge in [0.1, 0.15) is 11.4 Å². The van der Waals surface area contributed by atoms with Crippen LogP contribution < -0.4 is 15.4 Å². The summed E-state index contributed by atoms with van der Waals surface area (Å²) in [6.45, 7) is 5.62. The van der Waals surface area contributed by atoms with Crippen LogP contribution in [0, 0.1) is 5.92 Å². The molecule has 0 amide bonds. The molecule has 1 aromatic carbocycles. The highest BCUT2D eigenvalue weighted by Crippen LogP contribution is 2.46. The molecule has 0 aromatic heterocycles. The Morgan fingerprint density at radius 1 is 1.19 bits per heavy atom. The third-order valence-corrected chi connectivity index (χ3v) is 6.22. The molecule has 5 heteroatoms. The molecule has 3 aliphatic rings. The minimum absolute atomic E-state index is 0.00402. The summed E-state index contributed by atoms with van der Waals surface area (Å²) in [7, 11) is 0. The second-order valence-corrected chi connectivity index (χ2v) is 8.21. The molecule has 1 saturated heterocycles. The van der Waals surface area contributed by atoms with Crippen molar-refractivity contribution in [2.24, 2.45) is 10.9 Å². The molecule has 1 aliphatic carbocycles. The van der Waals surface area contributed by atoms with Gasteiger partial charge < -0.3 is 20.1 Å². The van der Waals surface area contributed by atoms with E-state index in [9.17, 15) is 0 Å². The number of nitrogens with one attached hydrogen (secondary N) is 2. The van der Waals surface area contributed by atoms with Crippen LogP contribution in [0.2, 0.25) is 0 Å². The van der Waals surface area contributed by atoms with Crippen molar-refractivity contribution in [2.45, 2.75) is 63.5 Å². The second kappa shape index (κ2) is 8.51. The zero-order valence-electron chi connectivity index (χ0n) is 16.5. The van der Waals surface area contributed by atoms with Gasteiger partial charge in [-0.2, -0.15) is 0 Å². The van der Waals surface area contributed by atoms with E-state index in [0.717, 1.165) is 70.1 Å². The molecular weight excluding hydrogens is 338 g/mol. The summed E-state index contributed by atoms with van der Waals surface area (Å²) in [4.78, 5) is 4.92. The predicted molar refractivity (Wildman–Crippen MR) is 108 cm³/mol. The maximum atomic E-state index is 6.49. The van der Waals surface area contributed by atoms with E-state index >= 15 is 0 Å². The summed E-state index contributed by atoms with van der Waals surface area (Å²) in [6, 6.07) is 8.75. The third-order valence-electron chi connectivity index (χ3n) is 6.22. The first kappa shape index (κ1) is 18.6. The number of rotatable bonds is 4. The molecule has 2 fully saturated rings. The molecule has 1 unspecified atom stereocenters. The number of para-hydroxylation sites is 1. The van der Waals surface area contributed by atoms with Crippen molar-refractivity contribution in [3.8, 4) is 5.75 Å². The molecule has 27 heavy (non-hydrogen) atoms. The molecule has 1 spiro atoms. The molecule has 0 radical (unpaired) electrons. The first-order chi connectivity index (χ1) is 13.3. The number of benzene rings is 1. The number of ether oxygens (including phenoxy) is 2. The molecule has 2 aliphatic heterocycles. The lowest BCUT2D eigenvalue weighted by atomic mass is 9.86. The van der Waals surface area contributed by atoms with Crippen LogP contribution in [-0.2, 0) is 4.74 Å². The average molecular weight is 372 g/mol. The Bertz CT molecular complexity index is 649. The summed E-state index contributed by atoms with van der Waals surface area (Å²) in [5.74, 6) is 2.61. The Hall–Kier alpha value is -1.75. The van der Waals surface area contributed by atoms with Crippen LogP contribution in [0.15, 0.2) is 29.3 Å². The van der Waals surface area contributed by atoms with Crippen molar-refractivity contribution < 1.29 is 9.47 Å². The lowest BCUT2D eigenvalue weighted by Crippen LogP contribution is -2.46. The Labute approximate surface area is 162 Å². The van der Waals surface area contributed by atoms with Gasteiger partial charge in [0.2, 0.25) is 0 Å². The van der Waals surface area contributed by atoms with Crippen LogP contribution in [0.3, 0.4) is 0 Å². The zero-order chi connectivity index (χ0) is 18.5. The van der Waals surface area contributed by atoms with Crippen LogP contribution in [0.5, 0.6) is 5.75 Å². The highest BCUT2D eigenvalue weighted by Gasteiger charge is 2.43. The van der Waals surface area contributed by atoms with Gasteiger partial charge in [0.25, 0.3) is 0 Å². The van der Waals surface area contributed by atoms with Crippen molar-refractivity contribution in [1.29, 1.82) is 0 Å². The summed E-state index contributed by atoms with van der Waals surface area (Å²) in [5, 5.41) is 7.18. The summed E-state index contributed by atoms with van der Waals surface area (Å²) in [6.07, 6.45) is 8.12. The average Bonchev–Trinajstić information content (AvgIpc) is 3.14. The molecule has 2 heterocycles. The molecule has 1 aromatic rings. The van der Waals surface area contributed by atoms with Gasteiger partial charge >= 0.3 is 0 Å². The van der Waals surface area contributed by atoms with Gasteiger partial charge in [-0.1, -0.05) is 18.2 Å². The highest BCUT2D eigenvalue weighted by atomic mass is 16.5. The van der Waals surface area contributed by atoms with E-state index in [1.54, 1.807) is 0 Å². The van der Waals surface area contributed by atoms with Crippen molar-refractivity contribution in [1.82, 2.24) is 10.6 Å². The summed E-state index contributed by atoms with van der Waals surface area (Å²) >= 11 is 0. The first-order valence-electron chi connectivity index (χ1n) is 10.7. The smallest absolute Gasteiger partial charge is 0.191 e. The molecular formula is C22H33N3O2. The predicted octanol–water partition coefficient (Wildman–Crippen LogP) is 3.80. The van der Waals surface area contributed by atoms with Crippen LogP contribution in [0.25, 0.3) is 0 Å². The van der Waals surface area contributed by atoms with E-state index in [1.807, 2.05) is 0 Å². The number of hydrogen-bond donors (Lipinski definition) is 2. The zero-order valence-corrected chi connectivity index (χ0v) is 16.5. The standard InChI is InChI=1S/C22H33N3O2/c1-2-23-21(24-16-17-9-13-26-14-10-17)25-19-15-22(11-5-6-12-22)27-20-8-4-3-7-18(19)20/h3-4,7-8,17,19H,2,5-6,9-16H2,1H3,(H2,23,24,25). The van der Waals surface area contributed by atoms with Gasteiger partial charge in [0.15, 0.2) is 5.96 Å². The highest BCUT2D eigenvalue weighted by molar-refractivity contribution is 5.80. The van der Waals surface area contributed by atoms with Crippen LogP contribution >= 0.6 is 0 Å². The fraction of sp³-hybridized carbons (Fsp3) is 0.682. The maximum Gasteiger partial charge on any atom is 0.191 e. The van der Waals surface area contributed by atoms with Crippen LogP contribution in [0.4, 0.5) is 0 Å². The van der Waals surface area contributed by atoms with E-state index in [-0.39, 0.29) is 11.6 Å². The summed E-state index contributed by atoms with van der Waals surface area (Å²) in [5.41, 5.74) is 1.26. The molecule has 4 rings (SSSR count). The van der Waals surface area contributed by atoms with Gasteiger partial charge in [-0.25, -0.2) is 0 Å². The van der Waals surface area contributed by atoms with Gasteiger partial charge in [0.05, 0.1) is 6.04 Å². The van der Waals surface area contributed by atoms with Gasteiger partial charge in [0, 0.05) is 38.3 Å². The molecule has 0 bridgehead atoms.